The smallest absolute Gasteiger partial charge is 0.255 e. The molecule has 2 aromatic carbocycles. The van der Waals surface area contributed by atoms with E-state index in [1.54, 1.807) is 21.1 Å². The molecule has 0 fully saturated rings. The summed E-state index contributed by atoms with van der Waals surface area (Å²) in [5, 5.41) is 3.39. The summed E-state index contributed by atoms with van der Waals surface area (Å²) in [5.74, 6) is 2.00. The standard InChI is InChI=1S/C24H27N3O4S/c1-16-21(14-22(28)25-11-10-17-6-4-8-19(12-17)30-2)23(29)27-24(26-16)32-15-18-7-5-9-20(13-18)31-3/h4-9,12-13H,10-11,14-15H2,1-3H3,(H,25,28)(H,26,27,29). The molecule has 1 amide bonds. The van der Waals surface area contributed by atoms with E-state index in [1.165, 1.54) is 11.8 Å². The zero-order chi connectivity index (χ0) is 22.9. The highest BCUT2D eigenvalue weighted by Crippen LogP contribution is 2.22. The summed E-state index contributed by atoms with van der Waals surface area (Å²) in [6.45, 7) is 2.23. The average molecular weight is 454 g/mol. The molecule has 0 aliphatic carbocycles. The second-order valence-corrected chi connectivity index (χ2v) is 8.17. The van der Waals surface area contributed by atoms with Crippen molar-refractivity contribution in [3.05, 3.63) is 81.3 Å². The van der Waals surface area contributed by atoms with Crippen LogP contribution in [0.25, 0.3) is 0 Å². The highest BCUT2D eigenvalue weighted by atomic mass is 32.2. The summed E-state index contributed by atoms with van der Waals surface area (Å²) in [6, 6.07) is 15.5. The van der Waals surface area contributed by atoms with Gasteiger partial charge < -0.3 is 19.8 Å². The van der Waals surface area contributed by atoms with Gasteiger partial charge in [0.05, 0.1) is 20.6 Å². The Labute approximate surface area is 191 Å². The Balaban J connectivity index is 1.54. The van der Waals surface area contributed by atoms with E-state index in [1.807, 2.05) is 48.5 Å². The molecule has 0 spiro atoms. The lowest BCUT2D eigenvalue weighted by atomic mass is 10.1. The van der Waals surface area contributed by atoms with Crippen LogP contribution in [0.2, 0.25) is 0 Å². The van der Waals surface area contributed by atoms with Crippen molar-refractivity contribution in [1.29, 1.82) is 0 Å². The van der Waals surface area contributed by atoms with Crippen LogP contribution < -0.4 is 20.3 Å². The van der Waals surface area contributed by atoms with Crippen LogP contribution >= 0.6 is 11.8 Å². The van der Waals surface area contributed by atoms with Gasteiger partial charge in [-0.2, -0.15) is 0 Å². The fourth-order valence-corrected chi connectivity index (χ4v) is 4.02. The molecule has 0 aliphatic rings. The zero-order valence-electron chi connectivity index (χ0n) is 18.4. The molecule has 7 nitrogen and oxygen atoms in total. The second-order valence-electron chi connectivity index (χ2n) is 7.20. The summed E-state index contributed by atoms with van der Waals surface area (Å²) < 4.78 is 10.4. The number of benzene rings is 2. The van der Waals surface area contributed by atoms with E-state index in [0.717, 1.165) is 22.6 Å². The van der Waals surface area contributed by atoms with Gasteiger partial charge in [-0.3, -0.25) is 9.59 Å². The Morgan fingerprint density at radius 1 is 1.06 bits per heavy atom. The molecular formula is C24H27N3O4S. The number of hydrogen-bond donors (Lipinski definition) is 2. The molecule has 8 heteroatoms. The fourth-order valence-electron chi connectivity index (χ4n) is 3.17. The van der Waals surface area contributed by atoms with E-state index in [4.69, 9.17) is 9.47 Å². The maximum absolute atomic E-state index is 12.6. The van der Waals surface area contributed by atoms with E-state index in [9.17, 15) is 9.59 Å². The van der Waals surface area contributed by atoms with E-state index in [2.05, 4.69) is 15.3 Å². The van der Waals surface area contributed by atoms with Gasteiger partial charge in [0.15, 0.2) is 5.16 Å². The van der Waals surface area contributed by atoms with Gasteiger partial charge in [0, 0.05) is 23.6 Å². The number of amides is 1. The Morgan fingerprint density at radius 3 is 2.38 bits per heavy atom. The minimum Gasteiger partial charge on any atom is -0.497 e. The number of aryl methyl sites for hydroxylation is 1. The van der Waals surface area contributed by atoms with E-state index in [0.29, 0.717) is 35.1 Å². The van der Waals surface area contributed by atoms with Crippen LogP contribution in [0.1, 0.15) is 22.4 Å². The van der Waals surface area contributed by atoms with Crippen molar-refractivity contribution in [2.75, 3.05) is 20.8 Å². The molecule has 2 N–H and O–H groups in total. The third kappa shape index (κ3) is 6.62. The Kier molecular flexibility index (Phi) is 8.33. The summed E-state index contributed by atoms with van der Waals surface area (Å²) in [6.07, 6.45) is 0.670. The number of nitrogens with one attached hydrogen (secondary N) is 2. The number of carbonyl (C=O) groups is 1. The molecule has 1 heterocycles. The van der Waals surface area contributed by atoms with Crippen LogP contribution in [-0.4, -0.2) is 36.6 Å². The van der Waals surface area contributed by atoms with Gasteiger partial charge in [0.2, 0.25) is 5.91 Å². The molecule has 0 aliphatic heterocycles. The third-order valence-corrected chi connectivity index (χ3v) is 5.86. The molecule has 3 aromatic rings. The minimum absolute atomic E-state index is 0.00684. The number of aromatic amines is 1. The lowest BCUT2D eigenvalue weighted by molar-refractivity contribution is -0.120. The Bertz CT molecular complexity index is 1130. The average Bonchev–Trinajstić information content (AvgIpc) is 2.80. The SMILES string of the molecule is COc1cccc(CCNC(=O)Cc2c(C)nc(SCc3cccc(OC)c3)[nH]c2=O)c1. The van der Waals surface area contributed by atoms with Crippen LogP contribution in [0.15, 0.2) is 58.5 Å². The predicted octanol–water partition coefficient (Wildman–Crippen LogP) is 3.29. The molecule has 168 valence electrons. The second kappa shape index (κ2) is 11.4. The minimum atomic E-state index is -0.284. The first-order valence-electron chi connectivity index (χ1n) is 10.2. The van der Waals surface area contributed by atoms with Crippen LogP contribution in [-0.2, 0) is 23.4 Å². The van der Waals surface area contributed by atoms with Crippen molar-refractivity contribution in [2.24, 2.45) is 0 Å². The van der Waals surface area contributed by atoms with E-state index < -0.39 is 0 Å². The maximum atomic E-state index is 12.6. The number of nitrogens with zero attached hydrogens (tertiary/aromatic N) is 1. The molecule has 32 heavy (non-hydrogen) atoms. The van der Waals surface area contributed by atoms with E-state index in [-0.39, 0.29) is 17.9 Å². The summed E-state index contributed by atoms with van der Waals surface area (Å²) >= 11 is 1.43. The third-order valence-electron chi connectivity index (χ3n) is 4.92. The molecule has 0 saturated carbocycles. The number of H-pyrrole nitrogens is 1. The van der Waals surface area contributed by atoms with Crippen molar-refractivity contribution in [1.82, 2.24) is 15.3 Å². The number of aromatic nitrogens is 2. The van der Waals surface area contributed by atoms with Crippen molar-refractivity contribution in [3.63, 3.8) is 0 Å². The van der Waals surface area contributed by atoms with Crippen LogP contribution in [0.5, 0.6) is 11.5 Å². The summed E-state index contributed by atoms with van der Waals surface area (Å²) in [5.41, 5.74) is 2.79. The highest BCUT2D eigenvalue weighted by molar-refractivity contribution is 7.98. The quantitative estimate of drug-likeness (QED) is 0.361. The van der Waals surface area contributed by atoms with Crippen LogP contribution in [0.4, 0.5) is 0 Å². The van der Waals surface area contributed by atoms with Gasteiger partial charge in [-0.25, -0.2) is 4.98 Å². The fraction of sp³-hybridized carbons (Fsp3) is 0.292. The topological polar surface area (TPSA) is 93.3 Å². The normalized spacial score (nSPS) is 10.6. The van der Waals surface area contributed by atoms with Crippen molar-refractivity contribution in [3.8, 4) is 11.5 Å². The zero-order valence-corrected chi connectivity index (χ0v) is 19.3. The van der Waals surface area contributed by atoms with Gasteiger partial charge in [0.1, 0.15) is 11.5 Å². The number of rotatable bonds is 10. The van der Waals surface area contributed by atoms with Crippen LogP contribution in [0.3, 0.4) is 0 Å². The summed E-state index contributed by atoms with van der Waals surface area (Å²) in [7, 11) is 3.25. The van der Waals surface area contributed by atoms with Crippen LogP contribution in [0, 0.1) is 6.92 Å². The molecule has 0 bridgehead atoms. The van der Waals surface area contributed by atoms with Crippen molar-refractivity contribution in [2.45, 2.75) is 30.7 Å². The molecule has 0 saturated heterocycles. The molecular weight excluding hydrogens is 426 g/mol. The first kappa shape index (κ1) is 23.4. The molecule has 0 atom stereocenters. The van der Waals surface area contributed by atoms with Gasteiger partial charge in [-0.05, 0) is 48.7 Å². The lowest BCUT2D eigenvalue weighted by Gasteiger charge is -2.09. The van der Waals surface area contributed by atoms with E-state index >= 15 is 0 Å². The largest absolute Gasteiger partial charge is 0.497 e. The van der Waals surface area contributed by atoms with Gasteiger partial charge in [-0.1, -0.05) is 36.0 Å². The van der Waals surface area contributed by atoms with Gasteiger partial charge in [0.25, 0.3) is 5.56 Å². The monoisotopic (exact) mass is 453 g/mol. The van der Waals surface area contributed by atoms with Gasteiger partial charge >= 0.3 is 0 Å². The number of methoxy groups -OCH3 is 2. The summed E-state index contributed by atoms with van der Waals surface area (Å²) in [4.78, 5) is 32.2. The molecule has 0 unspecified atom stereocenters. The Morgan fingerprint density at radius 2 is 1.72 bits per heavy atom. The van der Waals surface area contributed by atoms with Crippen molar-refractivity contribution < 1.29 is 14.3 Å². The lowest BCUT2D eigenvalue weighted by Crippen LogP contribution is -2.30. The molecule has 1 aromatic heterocycles. The molecule has 3 rings (SSSR count). The number of carbonyl (C=O) groups excluding carboxylic acids is 1. The number of thioether (sulfide) groups is 1. The predicted molar refractivity (Wildman–Crippen MR) is 126 cm³/mol. The maximum Gasteiger partial charge on any atom is 0.255 e. The first-order chi connectivity index (χ1) is 15.5. The van der Waals surface area contributed by atoms with Gasteiger partial charge in [-0.15, -0.1) is 0 Å². The molecule has 0 radical (unpaired) electrons. The number of hydrogen-bond acceptors (Lipinski definition) is 6. The highest BCUT2D eigenvalue weighted by Gasteiger charge is 2.13. The number of ether oxygens (including phenoxy) is 2. The first-order valence-corrected chi connectivity index (χ1v) is 11.2. The van der Waals surface area contributed by atoms with Crippen molar-refractivity contribution >= 4 is 17.7 Å². The Hall–Kier alpha value is -3.26.